The van der Waals surface area contributed by atoms with Crippen molar-refractivity contribution >= 4 is 17.2 Å². The Morgan fingerprint density at radius 2 is 1.68 bits per heavy atom. The second-order valence-corrected chi connectivity index (χ2v) is 11.4. The van der Waals surface area contributed by atoms with Crippen molar-refractivity contribution in [2.45, 2.75) is 76.2 Å². The highest BCUT2D eigenvalue weighted by Gasteiger charge is 2.60. The average molecular weight is 397 g/mol. The van der Waals surface area contributed by atoms with Gasteiger partial charge in [-0.3, -0.25) is 0 Å². The number of nitrogens with one attached hydrogen (secondary N) is 1. The predicted molar refractivity (Wildman–Crippen MR) is 120 cm³/mol. The number of hydrogen-bond donors (Lipinski definition) is 2. The van der Waals surface area contributed by atoms with E-state index in [9.17, 15) is 0 Å². The molecule has 2 unspecified atom stereocenters. The highest BCUT2D eigenvalue weighted by molar-refractivity contribution is 7.80. The van der Waals surface area contributed by atoms with Crippen molar-refractivity contribution < 1.29 is 0 Å². The minimum absolute atomic E-state index is 0.410. The van der Waals surface area contributed by atoms with Crippen molar-refractivity contribution in [3.8, 4) is 0 Å². The van der Waals surface area contributed by atoms with Crippen LogP contribution < -0.4 is 11.1 Å². The summed E-state index contributed by atoms with van der Waals surface area (Å²) in [4.78, 5) is 1.21. The van der Waals surface area contributed by atoms with E-state index in [4.69, 9.17) is 18.0 Å². The zero-order valence-corrected chi connectivity index (χ0v) is 18.1. The molecule has 5 fully saturated rings. The lowest BCUT2D eigenvalue weighted by molar-refractivity contribution is -0.0828. The molecule has 0 aromatic heterocycles. The number of hydrogen-bond acceptors (Lipinski definition) is 2. The van der Waals surface area contributed by atoms with Gasteiger partial charge in [-0.15, -0.1) is 0 Å². The highest BCUT2D eigenvalue weighted by atomic mass is 32.1. The Kier molecular flexibility index (Phi) is 4.83. The molecule has 28 heavy (non-hydrogen) atoms. The van der Waals surface area contributed by atoms with Gasteiger partial charge in [0.15, 0.2) is 0 Å². The van der Waals surface area contributed by atoms with Crippen molar-refractivity contribution in [1.82, 2.24) is 5.32 Å². The summed E-state index contributed by atoms with van der Waals surface area (Å²) in [5.41, 5.74) is 8.39. The summed E-state index contributed by atoms with van der Waals surface area (Å²) in [6.45, 7) is 3.41. The van der Waals surface area contributed by atoms with E-state index in [1.165, 1.54) is 62.8 Å². The minimum Gasteiger partial charge on any atom is -0.377 e. The lowest BCUT2D eigenvalue weighted by Crippen LogP contribution is -2.60. The molecule has 5 saturated carbocycles. The van der Waals surface area contributed by atoms with E-state index in [0.717, 1.165) is 24.3 Å². The quantitative estimate of drug-likeness (QED) is 0.687. The molecular formula is C25H36N2S. The third-order valence-corrected chi connectivity index (χ3v) is 9.20. The molecule has 3 N–H and O–H groups in total. The van der Waals surface area contributed by atoms with Gasteiger partial charge in [0, 0.05) is 12.0 Å². The van der Waals surface area contributed by atoms with Crippen LogP contribution in [-0.2, 0) is 5.41 Å². The highest BCUT2D eigenvalue weighted by Crippen LogP contribution is 2.67. The Morgan fingerprint density at radius 1 is 1.04 bits per heavy atom. The van der Waals surface area contributed by atoms with Crippen LogP contribution in [0.1, 0.15) is 70.3 Å². The predicted octanol–water partition coefficient (Wildman–Crippen LogP) is 5.21. The van der Waals surface area contributed by atoms with E-state index >= 15 is 0 Å². The molecule has 0 heterocycles. The minimum atomic E-state index is 0.410. The summed E-state index contributed by atoms with van der Waals surface area (Å²) in [6, 6.07) is 12.0. The van der Waals surface area contributed by atoms with Crippen LogP contribution in [0.5, 0.6) is 0 Å². The maximum atomic E-state index is 6.07. The molecule has 3 heteroatoms. The molecule has 0 aliphatic heterocycles. The van der Waals surface area contributed by atoms with Crippen LogP contribution in [0.2, 0.25) is 0 Å². The molecule has 1 aromatic rings. The fraction of sp³-hybridized carbons (Fsp3) is 0.720. The fourth-order valence-electron chi connectivity index (χ4n) is 7.98. The molecule has 5 aliphatic carbocycles. The summed E-state index contributed by atoms with van der Waals surface area (Å²) in [7, 11) is 0. The Morgan fingerprint density at radius 3 is 2.29 bits per heavy atom. The Balaban J connectivity index is 1.32. The SMILES string of the molecule is CC12CC3CC(c4ccccc4)(CC(C1)C3C(=S)N[C@H]1CC[C@H](CN)CC1)C2. The van der Waals surface area contributed by atoms with Crippen LogP contribution in [0, 0.1) is 29.1 Å². The average Bonchev–Trinajstić information content (AvgIpc) is 2.67. The molecule has 4 bridgehead atoms. The normalized spacial score (nSPS) is 44.4. The topological polar surface area (TPSA) is 38.0 Å². The fourth-order valence-corrected chi connectivity index (χ4v) is 8.53. The number of nitrogens with two attached hydrogens (primary N) is 1. The number of thiocarbonyl (C=S) groups is 1. The third-order valence-electron chi connectivity index (χ3n) is 8.81. The van der Waals surface area contributed by atoms with E-state index < -0.39 is 0 Å². The molecular weight excluding hydrogens is 360 g/mol. The van der Waals surface area contributed by atoms with Crippen LogP contribution >= 0.6 is 12.2 Å². The molecule has 1 aromatic carbocycles. The van der Waals surface area contributed by atoms with Gasteiger partial charge >= 0.3 is 0 Å². The zero-order chi connectivity index (χ0) is 19.4. The molecule has 152 valence electrons. The van der Waals surface area contributed by atoms with Gasteiger partial charge in [0.1, 0.15) is 0 Å². The molecule has 0 radical (unpaired) electrons. The molecule has 2 atom stereocenters. The summed E-state index contributed by atoms with van der Waals surface area (Å²) in [5, 5.41) is 3.85. The molecule has 2 nitrogen and oxygen atoms in total. The van der Waals surface area contributed by atoms with Gasteiger partial charge in [-0.2, -0.15) is 0 Å². The van der Waals surface area contributed by atoms with E-state index in [2.05, 4.69) is 42.6 Å². The van der Waals surface area contributed by atoms with Crippen LogP contribution in [0.25, 0.3) is 0 Å². The molecule has 6 rings (SSSR count). The number of benzene rings is 1. The zero-order valence-electron chi connectivity index (χ0n) is 17.3. The van der Waals surface area contributed by atoms with Crippen molar-refractivity contribution in [2.75, 3.05) is 6.54 Å². The summed E-state index contributed by atoms with van der Waals surface area (Å²) >= 11 is 6.07. The van der Waals surface area contributed by atoms with E-state index in [-0.39, 0.29) is 0 Å². The van der Waals surface area contributed by atoms with Gasteiger partial charge in [-0.05, 0) is 98.5 Å². The lowest BCUT2D eigenvalue weighted by atomic mass is 9.40. The molecule has 0 amide bonds. The Bertz CT molecular complexity index is 705. The standard InChI is InChI=1S/C25H36N2S/c1-24-11-18-13-25(16-24,20-5-3-2-4-6-20)14-19(12-24)22(18)23(28)27-21-9-7-17(15-26)8-10-21/h2-6,17-19,21-22H,7-16,26H2,1H3,(H,27,28)/t17-,18?,19?,21-,22?,24?,25?. The number of rotatable bonds is 4. The van der Waals surface area contributed by atoms with Gasteiger partial charge < -0.3 is 11.1 Å². The second kappa shape index (κ2) is 7.09. The maximum Gasteiger partial charge on any atom is 0.0792 e. The van der Waals surface area contributed by atoms with Crippen molar-refractivity contribution in [3.63, 3.8) is 0 Å². The third kappa shape index (κ3) is 3.23. The molecule has 0 saturated heterocycles. The maximum absolute atomic E-state index is 6.07. The second-order valence-electron chi connectivity index (χ2n) is 11.0. The van der Waals surface area contributed by atoms with Gasteiger partial charge in [-0.25, -0.2) is 0 Å². The van der Waals surface area contributed by atoms with E-state index in [1.807, 2.05) is 0 Å². The van der Waals surface area contributed by atoms with Gasteiger partial charge in [-0.1, -0.05) is 49.5 Å². The van der Waals surface area contributed by atoms with E-state index in [1.54, 1.807) is 5.56 Å². The van der Waals surface area contributed by atoms with Crippen LogP contribution in [0.3, 0.4) is 0 Å². The largest absolute Gasteiger partial charge is 0.377 e. The van der Waals surface area contributed by atoms with Crippen LogP contribution in [0.15, 0.2) is 30.3 Å². The monoisotopic (exact) mass is 396 g/mol. The van der Waals surface area contributed by atoms with E-state index in [0.29, 0.717) is 22.8 Å². The molecule has 0 spiro atoms. The molecule has 5 aliphatic rings. The first-order valence-corrected chi connectivity index (χ1v) is 12.0. The lowest BCUT2D eigenvalue weighted by Gasteiger charge is -2.64. The Labute approximate surface area is 176 Å². The van der Waals surface area contributed by atoms with Crippen LogP contribution in [-0.4, -0.2) is 17.6 Å². The first-order chi connectivity index (χ1) is 13.5. The van der Waals surface area contributed by atoms with Crippen molar-refractivity contribution in [1.29, 1.82) is 0 Å². The first-order valence-electron chi connectivity index (χ1n) is 11.6. The van der Waals surface area contributed by atoms with Gasteiger partial charge in [0.2, 0.25) is 0 Å². The van der Waals surface area contributed by atoms with Crippen LogP contribution in [0.4, 0.5) is 0 Å². The van der Waals surface area contributed by atoms with Crippen molar-refractivity contribution in [2.24, 2.45) is 34.8 Å². The van der Waals surface area contributed by atoms with Crippen molar-refractivity contribution in [3.05, 3.63) is 35.9 Å². The van der Waals surface area contributed by atoms with Gasteiger partial charge in [0.05, 0.1) is 4.99 Å². The summed E-state index contributed by atoms with van der Waals surface area (Å²) in [5.74, 6) is 2.89. The Hall–Kier alpha value is -0.930. The smallest absolute Gasteiger partial charge is 0.0792 e. The summed E-state index contributed by atoms with van der Waals surface area (Å²) < 4.78 is 0. The summed E-state index contributed by atoms with van der Waals surface area (Å²) in [6.07, 6.45) is 11.9. The van der Waals surface area contributed by atoms with Gasteiger partial charge in [0.25, 0.3) is 0 Å². The first kappa shape index (κ1) is 19.1.